The molecule has 0 aromatic rings. The zero-order valence-electron chi connectivity index (χ0n) is 45.3. The summed E-state index contributed by atoms with van der Waals surface area (Å²) in [5, 5.41) is 13.9. The molecule has 9 heteroatoms. The highest BCUT2D eigenvalue weighted by molar-refractivity contribution is 7.45. The van der Waals surface area contributed by atoms with Gasteiger partial charge in [0.1, 0.15) is 13.2 Å². The highest BCUT2D eigenvalue weighted by atomic mass is 31.2. The van der Waals surface area contributed by atoms with E-state index in [0.29, 0.717) is 17.4 Å². The molecule has 0 heterocycles. The SMILES string of the molecule is CCCCC/C=C\C/C=C\C/C=C\CCCCCCCCC(=O)NC(COP(=O)([O-])OCC[N+](C)(C)C)C(O)/C=C/CC/C=C/CCCCCCCCCCCCCCCCCCCCCCC. The quantitative estimate of drug-likeness (QED) is 0.0272. The van der Waals surface area contributed by atoms with Crippen molar-refractivity contribution in [2.45, 2.75) is 270 Å². The fourth-order valence-corrected chi connectivity index (χ4v) is 8.90. The van der Waals surface area contributed by atoms with Crippen LogP contribution in [0, 0.1) is 0 Å². The van der Waals surface area contributed by atoms with Gasteiger partial charge in [0.15, 0.2) is 0 Å². The lowest BCUT2D eigenvalue weighted by Gasteiger charge is -2.29. The van der Waals surface area contributed by atoms with Crippen molar-refractivity contribution in [1.82, 2.24) is 5.32 Å². The molecule has 0 aromatic heterocycles. The van der Waals surface area contributed by atoms with Gasteiger partial charge < -0.3 is 28.8 Å². The van der Waals surface area contributed by atoms with Crippen molar-refractivity contribution in [3.05, 3.63) is 60.8 Å². The fourth-order valence-electron chi connectivity index (χ4n) is 8.18. The molecule has 398 valence electrons. The Hall–Kier alpha value is -1.80. The summed E-state index contributed by atoms with van der Waals surface area (Å²) in [6.45, 7) is 4.61. The lowest BCUT2D eigenvalue weighted by Crippen LogP contribution is -2.45. The molecule has 0 aromatic carbocycles. The van der Waals surface area contributed by atoms with Crippen LogP contribution in [0.5, 0.6) is 0 Å². The fraction of sp³-hybridized carbons (Fsp3) is 0.814. The average Bonchev–Trinajstić information content (AvgIpc) is 3.30. The Morgan fingerprint density at radius 2 is 0.868 bits per heavy atom. The predicted molar refractivity (Wildman–Crippen MR) is 293 cm³/mol. The maximum atomic E-state index is 12.9. The van der Waals surface area contributed by atoms with Gasteiger partial charge in [0.25, 0.3) is 7.82 Å². The third-order valence-electron chi connectivity index (χ3n) is 12.7. The number of quaternary nitrogens is 1. The van der Waals surface area contributed by atoms with E-state index < -0.39 is 26.6 Å². The summed E-state index contributed by atoms with van der Waals surface area (Å²) in [6, 6.07) is -0.914. The number of allylic oxidation sites excluding steroid dienone is 9. The van der Waals surface area contributed by atoms with E-state index in [1.165, 1.54) is 173 Å². The summed E-state index contributed by atoms with van der Waals surface area (Å²) >= 11 is 0. The van der Waals surface area contributed by atoms with Gasteiger partial charge in [-0.1, -0.05) is 242 Å². The molecule has 8 nitrogen and oxygen atoms in total. The van der Waals surface area contributed by atoms with Crippen molar-refractivity contribution in [2.24, 2.45) is 0 Å². The molecule has 0 radical (unpaired) electrons. The smallest absolute Gasteiger partial charge is 0.268 e. The first-order chi connectivity index (χ1) is 33.0. The number of nitrogens with zero attached hydrogens (tertiary/aromatic N) is 1. The number of hydrogen-bond acceptors (Lipinski definition) is 6. The number of amides is 1. The third kappa shape index (κ3) is 52.0. The van der Waals surface area contributed by atoms with E-state index in [-0.39, 0.29) is 12.5 Å². The first kappa shape index (κ1) is 66.2. The minimum absolute atomic E-state index is 0.0112. The van der Waals surface area contributed by atoms with Gasteiger partial charge in [-0.15, -0.1) is 0 Å². The molecule has 1 amide bonds. The molecular formula is C59H111N2O6P. The van der Waals surface area contributed by atoms with Gasteiger partial charge in [0.05, 0.1) is 39.9 Å². The number of aliphatic hydroxyl groups is 1. The highest BCUT2D eigenvalue weighted by Gasteiger charge is 2.23. The number of unbranched alkanes of at least 4 members (excludes halogenated alkanes) is 31. The number of phosphoric ester groups is 1. The number of aliphatic hydroxyl groups excluding tert-OH is 1. The van der Waals surface area contributed by atoms with Crippen molar-refractivity contribution in [3.63, 3.8) is 0 Å². The topological polar surface area (TPSA) is 108 Å². The number of rotatable bonds is 52. The Morgan fingerprint density at radius 3 is 1.32 bits per heavy atom. The molecule has 0 aliphatic heterocycles. The van der Waals surface area contributed by atoms with Gasteiger partial charge in [0, 0.05) is 6.42 Å². The van der Waals surface area contributed by atoms with Gasteiger partial charge in [-0.3, -0.25) is 9.36 Å². The molecule has 0 spiro atoms. The van der Waals surface area contributed by atoms with Gasteiger partial charge in [-0.2, -0.15) is 0 Å². The summed E-state index contributed by atoms with van der Waals surface area (Å²) < 4.78 is 23.3. The average molecular weight is 976 g/mol. The number of hydrogen-bond donors (Lipinski definition) is 2. The van der Waals surface area contributed by atoms with Gasteiger partial charge in [-0.05, 0) is 70.6 Å². The number of carbonyl (C=O) groups excluding carboxylic acids is 1. The van der Waals surface area contributed by atoms with Crippen LogP contribution in [0.15, 0.2) is 60.8 Å². The van der Waals surface area contributed by atoms with Crippen LogP contribution in [0.2, 0.25) is 0 Å². The van der Waals surface area contributed by atoms with Crippen molar-refractivity contribution in [3.8, 4) is 0 Å². The van der Waals surface area contributed by atoms with Gasteiger partial charge in [0.2, 0.25) is 5.91 Å². The minimum atomic E-state index is -4.61. The molecule has 0 rings (SSSR count). The molecule has 0 saturated carbocycles. The second kappa shape index (κ2) is 50.2. The van der Waals surface area contributed by atoms with E-state index in [4.69, 9.17) is 9.05 Å². The lowest BCUT2D eigenvalue weighted by molar-refractivity contribution is -0.870. The first-order valence-corrected chi connectivity index (χ1v) is 30.1. The zero-order valence-corrected chi connectivity index (χ0v) is 46.2. The third-order valence-corrected chi connectivity index (χ3v) is 13.7. The molecule has 0 aliphatic rings. The Morgan fingerprint density at radius 1 is 0.515 bits per heavy atom. The van der Waals surface area contributed by atoms with Crippen molar-refractivity contribution in [2.75, 3.05) is 40.9 Å². The molecule has 3 unspecified atom stereocenters. The summed E-state index contributed by atoms with van der Waals surface area (Å²) in [5.74, 6) is -0.219. The summed E-state index contributed by atoms with van der Waals surface area (Å²) in [5.41, 5.74) is 0. The van der Waals surface area contributed by atoms with Crippen LogP contribution in [0.25, 0.3) is 0 Å². The molecular weight excluding hydrogens is 864 g/mol. The summed E-state index contributed by atoms with van der Waals surface area (Å²) in [6.07, 6.45) is 67.3. The van der Waals surface area contributed by atoms with E-state index in [0.717, 1.165) is 64.2 Å². The zero-order chi connectivity index (χ0) is 49.9. The van der Waals surface area contributed by atoms with Gasteiger partial charge >= 0.3 is 0 Å². The molecule has 0 fully saturated rings. The maximum absolute atomic E-state index is 12.9. The summed E-state index contributed by atoms with van der Waals surface area (Å²) in [4.78, 5) is 25.5. The number of likely N-dealkylation sites (N-methyl/N-ethyl adjacent to an activating group) is 1. The number of carbonyl (C=O) groups is 1. The monoisotopic (exact) mass is 975 g/mol. The molecule has 0 saturated heterocycles. The molecule has 2 N–H and O–H groups in total. The van der Waals surface area contributed by atoms with Crippen molar-refractivity contribution >= 4 is 13.7 Å². The van der Waals surface area contributed by atoms with Crippen molar-refractivity contribution < 1.29 is 32.9 Å². The standard InChI is InChI=1S/C59H111N2O6P/c1-6-8-10-12-14-16-18-20-22-24-26-27-28-29-30-31-32-33-35-36-38-40-42-44-46-48-50-52-58(62)57(56-67-68(64,65)66-55-54-61(3,4)5)60-59(63)53-51-49-47-45-43-41-39-37-34-25-23-21-19-17-15-13-11-9-7-2/h15,17,21,23,34,37,42,44,50,52,57-58,62H,6-14,16,18-20,22,24-33,35-36,38-41,43,45-49,51,53-56H2,1-5H3,(H-,60,63,64,65)/b17-15-,23-21-,37-34-,44-42+,52-50+. The maximum Gasteiger partial charge on any atom is 0.268 e. The van der Waals surface area contributed by atoms with Gasteiger partial charge in [-0.25, -0.2) is 0 Å². The Kier molecular flexibility index (Phi) is 48.8. The van der Waals surface area contributed by atoms with Crippen LogP contribution >= 0.6 is 7.82 Å². The van der Waals surface area contributed by atoms with Crippen molar-refractivity contribution in [1.29, 1.82) is 0 Å². The normalized spacial score (nSPS) is 14.4. The van der Waals surface area contributed by atoms with E-state index in [1.54, 1.807) is 6.08 Å². The Bertz CT molecular complexity index is 1290. The number of phosphoric acid groups is 1. The lowest BCUT2D eigenvalue weighted by atomic mass is 10.0. The largest absolute Gasteiger partial charge is 0.756 e. The van der Waals surface area contributed by atoms with Crippen LogP contribution in [-0.2, 0) is 18.4 Å². The van der Waals surface area contributed by atoms with Crippen LogP contribution in [0.1, 0.15) is 258 Å². The van der Waals surface area contributed by atoms with Crippen LogP contribution in [0.3, 0.4) is 0 Å². The van der Waals surface area contributed by atoms with Crippen LogP contribution in [0.4, 0.5) is 0 Å². The number of nitrogens with one attached hydrogen (secondary N) is 1. The second-order valence-electron chi connectivity index (χ2n) is 20.6. The van der Waals surface area contributed by atoms with E-state index in [9.17, 15) is 19.4 Å². The molecule has 0 bridgehead atoms. The first-order valence-electron chi connectivity index (χ1n) is 28.7. The predicted octanol–water partition coefficient (Wildman–Crippen LogP) is 16.7. The highest BCUT2D eigenvalue weighted by Crippen LogP contribution is 2.38. The van der Waals surface area contributed by atoms with E-state index >= 15 is 0 Å². The molecule has 68 heavy (non-hydrogen) atoms. The van der Waals surface area contributed by atoms with Crippen LogP contribution < -0.4 is 10.2 Å². The Balaban J connectivity index is 4.27. The van der Waals surface area contributed by atoms with E-state index in [2.05, 4.69) is 67.8 Å². The summed E-state index contributed by atoms with van der Waals surface area (Å²) in [7, 11) is 1.23. The van der Waals surface area contributed by atoms with E-state index in [1.807, 2.05) is 27.2 Å². The molecule has 0 aliphatic carbocycles. The second-order valence-corrected chi connectivity index (χ2v) is 22.0. The molecule has 3 atom stereocenters. The Labute approximate surface area is 422 Å². The van der Waals surface area contributed by atoms with Crippen LogP contribution in [-0.4, -0.2) is 68.5 Å². The minimum Gasteiger partial charge on any atom is -0.756 e.